The summed E-state index contributed by atoms with van der Waals surface area (Å²) in [5.41, 5.74) is 7.18. The fraction of sp³-hybridized carbons (Fsp3) is 0.571. The minimum absolute atomic E-state index is 0.0824. The van der Waals surface area contributed by atoms with E-state index in [1.165, 1.54) is 0 Å². The summed E-state index contributed by atoms with van der Waals surface area (Å²) in [5.74, 6) is 0.704. The molecule has 0 aliphatic carbocycles. The van der Waals surface area contributed by atoms with Crippen LogP contribution in [0.15, 0.2) is 18.2 Å². The summed E-state index contributed by atoms with van der Waals surface area (Å²) in [4.78, 5) is 2.02. The van der Waals surface area contributed by atoms with Crippen molar-refractivity contribution in [2.75, 3.05) is 30.9 Å². The van der Waals surface area contributed by atoms with E-state index in [2.05, 4.69) is 6.92 Å². The molecule has 1 aromatic carbocycles. The third-order valence-electron chi connectivity index (χ3n) is 3.14. The molecule has 0 saturated carbocycles. The molecule has 0 amide bonds. The van der Waals surface area contributed by atoms with Gasteiger partial charge in [-0.25, -0.2) is 0 Å². The van der Waals surface area contributed by atoms with Crippen LogP contribution in [0.5, 0.6) is 5.75 Å². The maximum absolute atomic E-state index is 9.39. The fourth-order valence-corrected chi connectivity index (χ4v) is 1.52. The highest BCUT2D eigenvalue weighted by Crippen LogP contribution is 2.30. The molecule has 1 aromatic rings. The summed E-state index contributed by atoms with van der Waals surface area (Å²) in [6, 6.07) is 5.69. The maximum atomic E-state index is 9.39. The summed E-state index contributed by atoms with van der Waals surface area (Å²) in [7, 11) is 1.95. The van der Waals surface area contributed by atoms with Gasteiger partial charge in [-0.15, -0.1) is 0 Å². The third-order valence-corrected chi connectivity index (χ3v) is 3.14. The van der Waals surface area contributed by atoms with Gasteiger partial charge in [0, 0.05) is 18.8 Å². The predicted octanol–water partition coefficient (Wildman–Crippen LogP) is 2.26. The van der Waals surface area contributed by atoms with Gasteiger partial charge in [-0.05, 0) is 32.4 Å². The van der Waals surface area contributed by atoms with Gasteiger partial charge in [0.05, 0.1) is 24.4 Å². The zero-order valence-corrected chi connectivity index (χ0v) is 11.7. The smallest absolute Gasteiger partial charge is 0.144 e. The van der Waals surface area contributed by atoms with Crippen LogP contribution in [0.1, 0.15) is 27.2 Å². The average molecular weight is 252 g/mol. The van der Waals surface area contributed by atoms with Gasteiger partial charge < -0.3 is 20.5 Å². The lowest BCUT2D eigenvalue weighted by atomic mass is 10.0. The molecule has 18 heavy (non-hydrogen) atoms. The highest BCUT2D eigenvalue weighted by Gasteiger charge is 2.23. The van der Waals surface area contributed by atoms with Crippen molar-refractivity contribution in [2.45, 2.75) is 32.7 Å². The number of hydrogen-bond donors (Lipinski definition) is 2. The van der Waals surface area contributed by atoms with Crippen molar-refractivity contribution in [1.82, 2.24) is 0 Å². The van der Waals surface area contributed by atoms with Crippen LogP contribution in [-0.4, -0.2) is 30.9 Å². The van der Waals surface area contributed by atoms with E-state index in [1.807, 2.05) is 44.0 Å². The van der Waals surface area contributed by atoms with Crippen LogP contribution >= 0.6 is 0 Å². The van der Waals surface area contributed by atoms with Crippen molar-refractivity contribution in [3.05, 3.63) is 18.2 Å². The summed E-state index contributed by atoms with van der Waals surface area (Å²) >= 11 is 0. The van der Waals surface area contributed by atoms with E-state index in [9.17, 15) is 5.11 Å². The second kappa shape index (κ2) is 5.96. The molecule has 0 spiro atoms. The van der Waals surface area contributed by atoms with E-state index in [1.54, 1.807) is 0 Å². The third kappa shape index (κ3) is 3.29. The molecular formula is C14H24N2O2. The molecule has 0 aliphatic heterocycles. The first-order chi connectivity index (χ1) is 8.42. The molecule has 0 bridgehead atoms. The topological polar surface area (TPSA) is 58.7 Å². The van der Waals surface area contributed by atoms with E-state index in [0.29, 0.717) is 18.0 Å². The Balaban J connectivity index is 2.97. The first kappa shape index (κ1) is 14.6. The Morgan fingerprint density at radius 1 is 1.39 bits per heavy atom. The maximum Gasteiger partial charge on any atom is 0.144 e. The van der Waals surface area contributed by atoms with Gasteiger partial charge in [-0.1, -0.05) is 6.92 Å². The van der Waals surface area contributed by atoms with Crippen LogP contribution < -0.4 is 15.4 Å². The fourth-order valence-electron chi connectivity index (χ4n) is 1.52. The first-order valence-electron chi connectivity index (χ1n) is 6.29. The van der Waals surface area contributed by atoms with Crippen LogP contribution in [0, 0.1) is 0 Å². The molecule has 0 aromatic heterocycles. The molecule has 3 N–H and O–H groups in total. The van der Waals surface area contributed by atoms with Gasteiger partial charge in [0.15, 0.2) is 0 Å². The second-order valence-corrected chi connectivity index (χ2v) is 5.10. The molecular weight excluding hydrogens is 228 g/mol. The van der Waals surface area contributed by atoms with E-state index >= 15 is 0 Å². The number of aliphatic hydroxyl groups excluding tert-OH is 1. The Bertz CT molecular complexity index is 391. The Kier molecular flexibility index (Phi) is 4.84. The zero-order valence-electron chi connectivity index (χ0n) is 11.7. The lowest BCUT2D eigenvalue weighted by Crippen LogP contribution is -2.44. The lowest BCUT2D eigenvalue weighted by molar-refractivity contribution is 0.216. The molecule has 0 fully saturated rings. The lowest BCUT2D eigenvalue weighted by Gasteiger charge is -2.36. The predicted molar refractivity (Wildman–Crippen MR) is 76.2 cm³/mol. The highest BCUT2D eigenvalue weighted by molar-refractivity contribution is 5.62. The van der Waals surface area contributed by atoms with Gasteiger partial charge in [0.25, 0.3) is 0 Å². The van der Waals surface area contributed by atoms with Crippen molar-refractivity contribution < 1.29 is 9.84 Å². The largest absolute Gasteiger partial charge is 0.491 e. The molecule has 4 heteroatoms. The zero-order chi connectivity index (χ0) is 13.8. The van der Waals surface area contributed by atoms with Crippen LogP contribution in [0.2, 0.25) is 0 Å². The Labute approximate surface area is 109 Å². The van der Waals surface area contributed by atoms with Gasteiger partial charge in [-0.2, -0.15) is 0 Å². The van der Waals surface area contributed by atoms with Gasteiger partial charge in [0.2, 0.25) is 0 Å². The number of likely N-dealkylation sites (N-methyl/N-ethyl adjacent to an activating group) is 1. The molecule has 1 rings (SSSR count). The second-order valence-electron chi connectivity index (χ2n) is 5.10. The van der Waals surface area contributed by atoms with E-state index in [4.69, 9.17) is 10.5 Å². The van der Waals surface area contributed by atoms with Crippen molar-refractivity contribution >= 4 is 11.4 Å². The summed E-state index contributed by atoms with van der Waals surface area (Å²) in [5, 5.41) is 9.39. The Morgan fingerprint density at radius 3 is 2.61 bits per heavy atom. The van der Waals surface area contributed by atoms with E-state index in [-0.39, 0.29) is 12.1 Å². The molecule has 102 valence electrons. The number of aliphatic hydroxyl groups is 1. The Hall–Kier alpha value is -1.42. The van der Waals surface area contributed by atoms with Gasteiger partial charge in [0.1, 0.15) is 5.75 Å². The molecule has 0 unspecified atom stereocenters. The van der Waals surface area contributed by atoms with Crippen molar-refractivity contribution in [2.24, 2.45) is 0 Å². The van der Waals surface area contributed by atoms with Crippen molar-refractivity contribution in [1.29, 1.82) is 0 Å². The molecule has 0 atom stereocenters. The van der Waals surface area contributed by atoms with Crippen LogP contribution in [0.4, 0.5) is 11.4 Å². The number of nitrogens with zero attached hydrogens (tertiary/aromatic N) is 1. The van der Waals surface area contributed by atoms with E-state index < -0.39 is 0 Å². The Morgan fingerprint density at radius 2 is 2.06 bits per heavy atom. The first-order valence-corrected chi connectivity index (χ1v) is 6.29. The van der Waals surface area contributed by atoms with Crippen LogP contribution in [0.3, 0.4) is 0 Å². The highest BCUT2D eigenvalue weighted by atomic mass is 16.5. The molecule has 0 heterocycles. The van der Waals surface area contributed by atoms with E-state index in [0.717, 1.165) is 12.1 Å². The van der Waals surface area contributed by atoms with Crippen LogP contribution in [-0.2, 0) is 0 Å². The average Bonchev–Trinajstić information content (AvgIpc) is 2.37. The van der Waals surface area contributed by atoms with Crippen molar-refractivity contribution in [3.8, 4) is 5.75 Å². The number of benzene rings is 1. The number of nitrogen functional groups attached to an aromatic ring is 1. The number of rotatable bonds is 6. The molecule has 0 radical (unpaired) electrons. The number of nitrogens with two attached hydrogens (primary N) is 1. The minimum Gasteiger partial charge on any atom is -0.491 e. The van der Waals surface area contributed by atoms with Crippen LogP contribution in [0.25, 0.3) is 0 Å². The standard InChI is InChI=1S/C14H24N2O2/c1-5-8-18-13-9-11(6-7-12(13)15)16(4)14(2,3)10-17/h6-7,9,17H,5,8,10,15H2,1-4H3. The quantitative estimate of drug-likeness (QED) is 0.762. The number of anilines is 2. The van der Waals surface area contributed by atoms with Crippen molar-refractivity contribution in [3.63, 3.8) is 0 Å². The molecule has 0 saturated heterocycles. The summed E-state index contributed by atoms with van der Waals surface area (Å²) < 4.78 is 5.61. The summed E-state index contributed by atoms with van der Waals surface area (Å²) in [6.45, 7) is 6.76. The molecule has 4 nitrogen and oxygen atoms in total. The normalized spacial score (nSPS) is 11.4. The number of hydrogen-bond acceptors (Lipinski definition) is 4. The summed E-state index contributed by atoms with van der Waals surface area (Å²) in [6.07, 6.45) is 0.946. The SMILES string of the molecule is CCCOc1cc(N(C)C(C)(C)CO)ccc1N. The molecule has 0 aliphatic rings. The van der Waals surface area contributed by atoms with Gasteiger partial charge in [-0.3, -0.25) is 0 Å². The minimum atomic E-state index is -0.321. The number of ether oxygens (including phenoxy) is 1. The van der Waals surface area contributed by atoms with Gasteiger partial charge >= 0.3 is 0 Å². The monoisotopic (exact) mass is 252 g/mol.